The summed E-state index contributed by atoms with van der Waals surface area (Å²) in [5.74, 6) is -2.51. The van der Waals surface area contributed by atoms with E-state index in [0.717, 1.165) is 17.8 Å². The van der Waals surface area contributed by atoms with Gasteiger partial charge in [0.2, 0.25) is 11.8 Å². The highest BCUT2D eigenvalue weighted by Crippen LogP contribution is 2.38. The van der Waals surface area contributed by atoms with Crippen LogP contribution in [0, 0.1) is 11.6 Å². The van der Waals surface area contributed by atoms with E-state index in [1.165, 1.54) is 35.2 Å². The van der Waals surface area contributed by atoms with E-state index in [1.54, 1.807) is 4.90 Å². The Labute approximate surface area is 255 Å². The number of hydrogen-bond donors (Lipinski definition) is 1. The van der Waals surface area contributed by atoms with Crippen LogP contribution in [0.3, 0.4) is 0 Å². The Balaban J connectivity index is 1.70. The number of pyridine rings is 1. The Kier molecular flexibility index (Phi) is 7.61. The van der Waals surface area contributed by atoms with E-state index in [-0.39, 0.29) is 63.1 Å². The summed E-state index contributed by atoms with van der Waals surface area (Å²) in [5.41, 5.74) is -0.557. The second-order valence-corrected chi connectivity index (χ2v) is 11.8. The second kappa shape index (κ2) is 11.4. The van der Waals surface area contributed by atoms with Crippen molar-refractivity contribution in [3.8, 4) is 16.9 Å². The van der Waals surface area contributed by atoms with Gasteiger partial charge in [0.15, 0.2) is 11.5 Å². The van der Waals surface area contributed by atoms with E-state index in [0.29, 0.717) is 30.4 Å². The van der Waals surface area contributed by atoms with Crippen molar-refractivity contribution in [1.29, 1.82) is 0 Å². The van der Waals surface area contributed by atoms with Crippen LogP contribution in [0.15, 0.2) is 53.1 Å². The summed E-state index contributed by atoms with van der Waals surface area (Å²) in [6, 6.07) is 4.90. The Morgan fingerprint density at radius 1 is 1.16 bits per heavy atom. The third-order valence-corrected chi connectivity index (χ3v) is 8.62. The number of hydrogen-bond acceptors (Lipinski definition) is 9. The highest BCUT2D eigenvalue weighted by Gasteiger charge is 2.32. The lowest BCUT2D eigenvalue weighted by atomic mass is 10.1. The molecule has 6 rings (SSSR count). The van der Waals surface area contributed by atoms with Gasteiger partial charge in [-0.3, -0.25) is 9.59 Å². The molecule has 0 aliphatic carbocycles. The standard InChI is InChI=1S/C30H28F2N8O3S/c1-5-22(42)38-9-10-39(16(4)12-38)27-17-11-19(32)25-23-18(31)7-6-8-20(23)35-21(41)13-44-29-26(24(15(2)3)33-14-34-29)40(28(17)36-25)30(43)37-27/h5-8,11,14-16H,1,9-10,12-13H2,2-4H3,(H,35,41)/t16-/m0/s1. The molecule has 14 heteroatoms. The third-order valence-electron chi connectivity index (χ3n) is 7.64. The molecule has 3 aromatic heterocycles. The first kappa shape index (κ1) is 29.4. The molecule has 1 atom stereocenters. The average molecular weight is 619 g/mol. The van der Waals surface area contributed by atoms with Crippen LogP contribution in [0.5, 0.6) is 0 Å². The van der Waals surface area contributed by atoms with Crippen molar-refractivity contribution in [3.05, 3.63) is 71.1 Å². The Morgan fingerprint density at radius 3 is 2.68 bits per heavy atom. The van der Waals surface area contributed by atoms with Crippen LogP contribution in [0.4, 0.5) is 20.3 Å². The molecule has 1 fully saturated rings. The van der Waals surface area contributed by atoms with E-state index >= 15 is 8.78 Å². The van der Waals surface area contributed by atoms with Crippen LogP contribution >= 0.6 is 11.8 Å². The van der Waals surface area contributed by atoms with Gasteiger partial charge in [-0.1, -0.05) is 38.3 Å². The lowest BCUT2D eigenvalue weighted by Gasteiger charge is -2.40. The van der Waals surface area contributed by atoms with Crippen LogP contribution in [0.25, 0.3) is 28.0 Å². The number of anilines is 2. The molecule has 0 spiro atoms. The number of halogens is 2. The minimum absolute atomic E-state index is 0.0212. The Hall–Kier alpha value is -4.72. The zero-order valence-corrected chi connectivity index (χ0v) is 25.0. The second-order valence-electron chi connectivity index (χ2n) is 10.8. The van der Waals surface area contributed by atoms with Crippen LogP contribution in [0.2, 0.25) is 0 Å². The summed E-state index contributed by atoms with van der Waals surface area (Å²) < 4.78 is 32.7. The normalized spacial score (nSPS) is 16.7. The quantitative estimate of drug-likeness (QED) is 0.269. The molecule has 0 radical (unpaired) electrons. The van der Waals surface area contributed by atoms with E-state index < -0.39 is 23.2 Å². The number of carbonyl (C=O) groups excluding carboxylic acids is 2. The van der Waals surface area contributed by atoms with Gasteiger partial charge >= 0.3 is 5.69 Å². The average Bonchev–Trinajstić information content (AvgIpc) is 2.99. The maximum Gasteiger partial charge on any atom is 0.355 e. The summed E-state index contributed by atoms with van der Waals surface area (Å²) in [6.07, 6.45) is 2.60. The molecule has 1 aromatic carbocycles. The van der Waals surface area contributed by atoms with Crippen molar-refractivity contribution in [3.63, 3.8) is 0 Å². The fourth-order valence-corrected chi connectivity index (χ4v) is 6.40. The van der Waals surface area contributed by atoms with Gasteiger partial charge in [-0.25, -0.2) is 33.1 Å². The zero-order chi connectivity index (χ0) is 31.3. The van der Waals surface area contributed by atoms with Gasteiger partial charge in [0.1, 0.15) is 34.4 Å². The molecule has 11 nitrogen and oxygen atoms in total. The van der Waals surface area contributed by atoms with Gasteiger partial charge in [0, 0.05) is 25.7 Å². The SMILES string of the molecule is C=CC(=O)N1CCN(c2nc(=O)n3c4nc(c(F)cc24)-c2c(F)cccc2NC(=O)CSc2ncnc(C(C)C)c2-3)[C@@H](C)C1. The highest BCUT2D eigenvalue weighted by molar-refractivity contribution is 8.00. The number of nitrogens with zero attached hydrogens (tertiary/aromatic N) is 7. The molecule has 2 amide bonds. The first-order valence-corrected chi connectivity index (χ1v) is 15.0. The predicted molar refractivity (Wildman–Crippen MR) is 163 cm³/mol. The van der Waals surface area contributed by atoms with Gasteiger partial charge in [-0.2, -0.15) is 4.98 Å². The van der Waals surface area contributed by atoms with Crippen molar-refractivity contribution >= 4 is 46.1 Å². The first-order valence-electron chi connectivity index (χ1n) is 14.0. The van der Waals surface area contributed by atoms with Crippen molar-refractivity contribution in [2.24, 2.45) is 0 Å². The largest absolute Gasteiger partial charge is 0.355 e. The number of fused-ring (bicyclic) bond motifs is 5. The number of rotatable bonds is 3. The molecule has 1 N–H and O–H groups in total. The topological polar surface area (TPSA) is 126 Å². The zero-order valence-electron chi connectivity index (χ0n) is 24.2. The summed E-state index contributed by atoms with van der Waals surface area (Å²) in [7, 11) is 0. The Bertz CT molecular complexity index is 1910. The molecule has 5 heterocycles. The summed E-state index contributed by atoms with van der Waals surface area (Å²) in [5, 5.41) is 3.20. The monoisotopic (exact) mass is 618 g/mol. The molecule has 0 unspecified atom stereocenters. The third kappa shape index (κ3) is 4.98. The summed E-state index contributed by atoms with van der Waals surface area (Å²) in [4.78, 5) is 60.7. The van der Waals surface area contributed by atoms with E-state index in [9.17, 15) is 14.4 Å². The number of thioether (sulfide) groups is 1. The molecular weight excluding hydrogens is 590 g/mol. The minimum Gasteiger partial charge on any atom is -0.350 e. The van der Waals surface area contributed by atoms with E-state index in [2.05, 4.69) is 31.8 Å². The molecule has 2 aliphatic heterocycles. The van der Waals surface area contributed by atoms with Crippen molar-refractivity contribution < 1.29 is 18.4 Å². The van der Waals surface area contributed by atoms with Gasteiger partial charge in [-0.15, -0.1) is 0 Å². The van der Waals surface area contributed by atoms with Crippen molar-refractivity contribution in [2.45, 2.75) is 37.8 Å². The number of aromatic nitrogens is 5. The van der Waals surface area contributed by atoms with E-state index in [1.807, 2.05) is 25.7 Å². The van der Waals surface area contributed by atoms with Crippen molar-refractivity contribution in [1.82, 2.24) is 29.4 Å². The minimum atomic E-state index is -0.875. The van der Waals surface area contributed by atoms with Gasteiger partial charge in [0.05, 0.1) is 28.1 Å². The number of amides is 2. The van der Waals surface area contributed by atoms with Crippen molar-refractivity contribution in [2.75, 3.05) is 35.6 Å². The van der Waals surface area contributed by atoms with E-state index in [4.69, 9.17) is 0 Å². The van der Waals surface area contributed by atoms with Crippen LogP contribution in [0.1, 0.15) is 32.4 Å². The predicted octanol–water partition coefficient (Wildman–Crippen LogP) is 3.91. The number of carbonyl (C=O) groups is 2. The van der Waals surface area contributed by atoms with Gasteiger partial charge < -0.3 is 15.1 Å². The van der Waals surface area contributed by atoms with Crippen LogP contribution < -0.4 is 15.9 Å². The molecular formula is C30H28F2N8O3S. The maximum atomic E-state index is 16.1. The molecule has 1 saturated heterocycles. The molecule has 226 valence electrons. The van der Waals surface area contributed by atoms with Gasteiger partial charge in [0.25, 0.3) is 0 Å². The van der Waals surface area contributed by atoms with Crippen LogP contribution in [-0.2, 0) is 9.59 Å². The smallest absolute Gasteiger partial charge is 0.350 e. The maximum absolute atomic E-state index is 16.1. The number of piperazine rings is 1. The molecule has 4 aromatic rings. The molecule has 44 heavy (non-hydrogen) atoms. The van der Waals surface area contributed by atoms with Crippen LogP contribution in [-0.4, -0.2) is 72.6 Å². The lowest BCUT2D eigenvalue weighted by molar-refractivity contribution is -0.126. The molecule has 2 aliphatic rings. The lowest BCUT2D eigenvalue weighted by Crippen LogP contribution is -2.54. The molecule has 0 saturated carbocycles. The fourth-order valence-electron chi connectivity index (χ4n) is 5.61. The Morgan fingerprint density at radius 2 is 1.95 bits per heavy atom. The number of nitrogens with one attached hydrogen (secondary N) is 1. The van der Waals surface area contributed by atoms with Gasteiger partial charge in [-0.05, 0) is 37.1 Å². The first-order chi connectivity index (χ1) is 21.1. The highest BCUT2D eigenvalue weighted by atomic mass is 32.2. The fraction of sp³-hybridized carbons (Fsp3) is 0.300. The summed E-state index contributed by atoms with van der Waals surface area (Å²) in [6.45, 7) is 10.2. The number of benzene rings is 1. The summed E-state index contributed by atoms with van der Waals surface area (Å²) >= 11 is 1.08. The molecule has 2 bridgehead atoms.